The third kappa shape index (κ3) is 5.52. The first-order valence-corrected chi connectivity index (χ1v) is 12.0. The molecule has 34 heavy (non-hydrogen) atoms. The van der Waals surface area contributed by atoms with Gasteiger partial charge in [-0.1, -0.05) is 58.0 Å². The van der Waals surface area contributed by atoms with Gasteiger partial charge in [0.2, 0.25) is 0 Å². The molecule has 0 aliphatic rings. The number of hydrogen-bond acceptors (Lipinski definition) is 7. The molecule has 0 atom stereocenters. The number of nitro groups is 1. The van der Waals surface area contributed by atoms with E-state index in [1.165, 1.54) is 30.0 Å². The Morgan fingerprint density at radius 1 is 1.09 bits per heavy atom. The van der Waals surface area contributed by atoms with Crippen LogP contribution in [0.4, 0.5) is 5.69 Å². The van der Waals surface area contributed by atoms with E-state index in [4.69, 9.17) is 4.74 Å². The van der Waals surface area contributed by atoms with Crippen LogP contribution in [0.3, 0.4) is 0 Å². The number of para-hydroxylation sites is 1. The summed E-state index contributed by atoms with van der Waals surface area (Å²) in [4.78, 5) is 23.2. The van der Waals surface area contributed by atoms with Crippen LogP contribution in [0.1, 0.15) is 21.7 Å². The van der Waals surface area contributed by atoms with Gasteiger partial charge in [0.15, 0.2) is 16.8 Å². The maximum absolute atomic E-state index is 12.7. The second kappa shape index (κ2) is 10.6. The van der Waals surface area contributed by atoms with Crippen LogP contribution in [-0.2, 0) is 6.61 Å². The third-order valence-electron chi connectivity index (χ3n) is 4.95. The molecule has 0 fully saturated rings. The van der Waals surface area contributed by atoms with Crippen molar-refractivity contribution in [3.8, 4) is 11.4 Å². The van der Waals surface area contributed by atoms with Crippen LogP contribution in [0.2, 0.25) is 0 Å². The zero-order valence-corrected chi connectivity index (χ0v) is 20.5. The molecule has 10 heteroatoms. The molecule has 4 aromatic rings. The molecular weight excluding hydrogens is 520 g/mol. The van der Waals surface area contributed by atoms with E-state index < -0.39 is 4.92 Å². The molecule has 0 amide bonds. The largest absolute Gasteiger partial charge is 0.486 e. The Morgan fingerprint density at radius 2 is 1.85 bits per heavy atom. The molecule has 0 N–H and O–H groups in total. The topological polar surface area (TPSA) is 100 Å². The average Bonchev–Trinajstić information content (AvgIpc) is 3.25. The van der Waals surface area contributed by atoms with E-state index in [2.05, 4.69) is 26.1 Å². The number of non-ortho nitro benzene ring substituents is 1. The highest BCUT2D eigenvalue weighted by Crippen LogP contribution is 2.26. The highest BCUT2D eigenvalue weighted by molar-refractivity contribution is 9.10. The number of aromatic nitrogens is 3. The second-order valence-corrected chi connectivity index (χ2v) is 9.14. The highest BCUT2D eigenvalue weighted by Gasteiger charge is 2.19. The average molecular weight is 539 g/mol. The lowest BCUT2D eigenvalue weighted by molar-refractivity contribution is -0.384. The van der Waals surface area contributed by atoms with Crippen LogP contribution in [0, 0.1) is 17.0 Å². The number of rotatable bonds is 9. The Labute approximate surface area is 208 Å². The number of halogens is 1. The zero-order chi connectivity index (χ0) is 24.1. The van der Waals surface area contributed by atoms with Gasteiger partial charge in [-0.15, -0.1) is 10.2 Å². The van der Waals surface area contributed by atoms with Gasteiger partial charge in [-0.05, 0) is 42.8 Å². The minimum Gasteiger partial charge on any atom is -0.486 e. The van der Waals surface area contributed by atoms with E-state index >= 15 is 0 Å². The second-order valence-electron chi connectivity index (χ2n) is 7.28. The Kier molecular flexibility index (Phi) is 7.39. The number of ether oxygens (including phenoxy) is 1. The number of nitrogens with zero attached hydrogens (tertiary/aromatic N) is 4. The number of nitro benzene ring substituents is 1. The molecule has 0 aliphatic heterocycles. The smallest absolute Gasteiger partial charge is 0.270 e. The fraction of sp³-hybridized carbons (Fsp3) is 0.125. The van der Waals surface area contributed by atoms with Crippen molar-refractivity contribution in [3.63, 3.8) is 0 Å². The summed E-state index contributed by atoms with van der Waals surface area (Å²) < 4.78 is 8.74. The number of aryl methyl sites for hydroxylation is 1. The van der Waals surface area contributed by atoms with Gasteiger partial charge in [0.1, 0.15) is 12.4 Å². The predicted molar refractivity (Wildman–Crippen MR) is 133 cm³/mol. The lowest BCUT2D eigenvalue weighted by atomic mass is 10.1. The van der Waals surface area contributed by atoms with E-state index in [9.17, 15) is 14.9 Å². The third-order valence-corrected chi connectivity index (χ3v) is 6.41. The summed E-state index contributed by atoms with van der Waals surface area (Å²) in [5.74, 6) is 1.10. The van der Waals surface area contributed by atoms with Gasteiger partial charge in [-0.3, -0.25) is 19.5 Å². The standard InChI is InChI=1S/C24H19BrN4O4S/c1-16-5-2-3-8-21(16)28-23(14-33-20-11-9-18(25)10-12-20)26-27-24(28)34-15-22(30)17-6-4-7-19(13-17)29(31)32/h2-13H,14-15H2,1H3. The number of ketones is 1. The van der Waals surface area contributed by atoms with Crippen LogP contribution >= 0.6 is 27.7 Å². The van der Waals surface area contributed by atoms with Gasteiger partial charge in [0.05, 0.1) is 16.4 Å². The molecule has 4 rings (SSSR count). The fourth-order valence-corrected chi connectivity index (χ4v) is 4.35. The van der Waals surface area contributed by atoms with Crippen molar-refractivity contribution in [3.05, 3.63) is 104 Å². The van der Waals surface area contributed by atoms with Crippen LogP contribution in [-0.4, -0.2) is 31.2 Å². The zero-order valence-electron chi connectivity index (χ0n) is 18.1. The quantitative estimate of drug-likeness (QED) is 0.115. The molecule has 1 heterocycles. The molecule has 3 aromatic carbocycles. The summed E-state index contributed by atoms with van der Waals surface area (Å²) in [5, 5.41) is 20.2. The lowest BCUT2D eigenvalue weighted by Gasteiger charge is -2.13. The van der Waals surface area contributed by atoms with Crippen molar-refractivity contribution >= 4 is 39.2 Å². The summed E-state index contributed by atoms with van der Waals surface area (Å²) in [6, 6.07) is 21.0. The maximum Gasteiger partial charge on any atom is 0.270 e. The molecule has 8 nitrogen and oxygen atoms in total. The normalized spacial score (nSPS) is 10.8. The van der Waals surface area contributed by atoms with Gasteiger partial charge < -0.3 is 4.74 Å². The van der Waals surface area contributed by atoms with Gasteiger partial charge in [-0.2, -0.15) is 0 Å². The first-order valence-electron chi connectivity index (χ1n) is 10.2. The van der Waals surface area contributed by atoms with Crippen LogP contribution in [0.15, 0.2) is 82.4 Å². The summed E-state index contributed by atoms with van der Waals surface area (Å²) in [5.41, 5.74) is 2.06. The Bertz CT molecular complexity index is 1340. The Morgan fingerprint density at radius 3 is 2.59 bits per heavy atom. The lowest BCUT2D eigenvalue weighted by Crippen LogP contribution is -2.09. The molecule has 1 aromatic heterocycles. The van der Waals surface area contributed by atoms with E-state index in [0.29, 0.717) is 16.7 Å². The first-order chi connectivity index (χ1) is 16.4. The molecule has 0 unspecified atom stereocenters. The molecular formula is C24H19BrN4O4S. The van der Waals surface area contributed by atoms with Crippen LogP contribution in [0.25, 0.3) is 5.69 Å². The van der Waals surface area contributed by atoms with Crippen molar-refractivity contribution in [2.75, 3.05) is 5.75 Å². The van der Waals surface area contributed by atoms with Crippen molar-refractivity contribution in [2.24, 2.45) is 0 Å². The number of thioether (sulfide) groups is 1. The summed E-state index contributed by atoms with van der Waals surface area (Å²) in [6.07, 6.45) is 0. The SMILES string of the molecule is Cc1ccccc1-n1c(COc2ccc(Br)cc2)nnc1SCC(=O)c1cccc([N+](=O)[O-])c1. The fourth-order valence-electron chi connectivity index (χ4n) is 3.23. The van der Waals surface area contributed by atoms with E-state index in [-0.39, 0.29) is 29.4 Å². The van der Waals surface area contributed by atoms with Crippen molar-refractivity contribution in [1.29, 1.82) is 0 Å². The van der Waals surface area contributed by atoms with Gasteiger partial charge >= 0.3 is 0 Å². The van der Waals surface area contributed by atoms with Gasteiger partial charge in [0, 0.05) is 22.2 Å². The highest BCUT2D eigenvalue weighted by atomic mass is 79.9. The number of carbonyl (C=O) groups excluding carboxylic acids is 1. The summed E-state index contributed by atoms with van der Waals surface area (Å²) in [6.45, 7) is 2.17. The molecule has 0 bridgehead atoms. The number of Topliss-reactive ketones (excluding diaryl/α,β-unsaturated/α-hetero) is 1. The maximum atomic E-state index is 12.7. The first kappa shape index (κ1) is 23.7. The molecule has 0 spiro atoms. The number of benzene rings is 3. The van der Waals surface area contributed by atoms with E-state index in [1.54, 1.807) is 6.07 Å². The molecule has 172 valence electrons. The number of carbonyl (C=O) groups is 1. The van der Waals surface area contributed by atoms with Crippen molar-refractivity contribution < 1.29 is 14.5 Å². The van der Waals surface area contributed by atoms with Crippen LogP contribution < -0.4 is 4.74 Å². The minimum atomic E-state index is -0.517. The summed E-state index contributed by atoms with van der Waals surface area (Å²) >= 11 is 4.63. The monoisotopic (exact) mass is 538 g/mol. The molecule has 0 radical (unpaired) electrons. The summed E-state index contributed by atoms with van der Waals surface area (Å²) in [7, 11) is 0. The van der Waals surface area contributed by atoms with Crippen molar-refractivity contribution in [1.82, 2.24) is 14.8 Å². The van der Waals surface area contributed by atoms with E-state index in [1.807, 2.05) is 60.0 Å². The Balaban J connectivity index is 1.57. The van der Waals surface area contributed by atoms with Gasteiger partial charge in [-0.25, -0.2) is 0 Å². The minimum absolute atomic E-state index is 0.0543. The molecule has 0 saturated heterocycles. The Hall–Kier alpha value is -3.50. The van der Waals surface area contributed by atoms with E-state index in [0.717, 1.165) is 15.7 Å². The van der Waals surface area contributed by atoms with Crippen LogP contribution in [0.5, 0.6) is 5.75 Å². The predicted octanol–water partition coefficient (Wildman–Crippen LogP) is 5.80. The van der Waals surface area contributed by atoms with Gasteiger partial charge in [0.25, 0.3) is 5.69 Å². The van der Waals surface area contributed by atoms with Crippen molar-refractivity contribution in [2.45, 2.75) is 18.7 Å². The number of hydrogen-bond donors (Lipinski definition) is 0. The molecule has 0 saturated carbocycles. The molecule has 0 aliphatic carbocycles.